The molecule has 0 spiro atoms. The van der Waals surface area contributed by atoms with Gasteiger partial charge in [0.05, 0.1) is 16.7 Å². The zero-order valence-corrected chi connectivity index (χ0v) is 18.6. The maximum atomic E-state index is 12.0. The molecule has 1 atom stereocenters. The smallest absolute Gasteiger partial charge is 0.158 e. The SMILES string of the molecule is OC(c1ccc(Cl)cc1)(c1ccc2nccc(C=Cc3ccccc3)c2c1)c1cscn1. The van der Waals surface area contributed by atoms with E-state index in [2.05, 4.69) is 34.3 Å². The number of aromatic nitrogens is 2. The van der Waals surface area contributed by atoms with E-state index in [0.717, 1.165) is 27.6 Å². The first-order valence-electron chi connectivity index (χ1n) is 10.1. The number of thiazole rings is 1. The molecule has 0 aliphatic heterocycles. The Morgan fingerprint density at radius 3 is 2.38 bits per heavy atom. The van der Waals surface area contributed by atoms with Gasteiger partial charge in [-0.05, 0) is 52.6 Å². The van der Waals surface area contributed by atoms with Crippen molar-refractivity contribution in [2.45, 2.75) is 5.60 Å². The zero-order valence-electron chi connectivity index (χ0n) is 17.0. The first kappa shape index (κ1) is 20.6. The van der Waals surface area contributed by atoms with Gasteiger partial charge < -0.3 is 5.11 Å². The third kappa shape index (κ3) is 3.84. The van der Waals surface area contributed by atoms with Crippen LogP contribution in [0.4, 0.5) is 0 Å². The summed E-state index contributed by atoms with van der Waals surface area (Å²) in [5, 5.41) is 15.5. The highest BCUT2D eigenvalue weighted by molar-refractivity contribution is 7.07. The van der Waals surface area contributed by atoms with E-state index in [4.69, 9.17) is 11.6 Å². The third-order valence-electron chi connectivity index (χ3n) is 5.51. The molecule has 32 heavy (non-hydrogen) atoms. The van der Waals surface area contributed by atoms with E-state index in [1.54, 1.807) is 23.8 Å². The van der Waals surface area contributed by atoms with Crippen LogP contribution in [0.25, 0.3) is 23.1 Å². The average molecular weight is 455 g/mol. The topological polar surface area (TPSA) is 46.0 Å². The minimum Gasteiger partial charge on any atom is -0.374 e. The number of aliphatic hydroxyl groups is 1. The van der Waals surface area contributed by atoms with Crippen LogP contribution in [0.15, 0.2) is 96.0 Å². The second kappa shape index (κ2) is 8.67. The summed E-state index contributed by atoms with van der Waals surface area (Å²) in [7, 11) is 0. The summed E-state index contributed by atoms with van der Waals surface area (Å²) in [4.78, 5) is 8.97. The maximum Gasteiger partial charge on any atom is 0.158 e. The quantitative estimate of drug-likeness (QED) is 0.317. The van der Waals surface area contributed by atoms with Gasteiger partial charge in [-0.3, -0.25) is 4.98 Å². The van der Waals surface area contributed by atoms with Crippen molar-refractivity contribution in [1.29, 1.82) is 0 Å². The minimum absolute atomic E-state index is 0.578. The van der Waals surface area contributed by atoms with Crippen molar-refractivity contribution < 1.29 is 5.11 Å². The summed E-state index contributed by atoms with van der Waals surface area (Å²) in [5.74, 6) is 0. The van der Waals surface area contributed by atoms with Crippen molar-refractivity contribution in [3.8, 4) is 0 Å². The normalized spacial score (nSPS) is 13.4. The number of nitrogens with zero attached hydrogens (tertiary/aromatic N) is 2. The Balaban J connectivity index is 1.67. The monoisotopic (exact) mass is 454 g/mol. The Hall–Kier alpha value is -3.31. The first-order valence-corrected chi connectivity index (χ1v) is 11.5. The summed E-state index contributed by atoms with van der Waals surface area (Å²) in [6.07, 6.45) is 5.96. The standard InChI is InChI=1S/C27H19ClN2OS/c28-23-11-8-21(9-12-23)27(31,26-17-32-18-30-26)22-10-13-25-24(16-22)20(14-15-29-25)7-6-19-4-2-1-3-5-19/h1-18,31H. The summed E-state index contributed by atoms with van der Waals surface area (Å²) in [6, 6.07) is 25.2. The third-order valence-corrected chi connectivity index (χ3v) is 6.35. The fourth-order valence-corrected chi connectivity index (χ4v) is 4.55. The number of halogens is 1. The molecule has 156 valence electrons. The van der Waals surface area contributed by atoms with Gasteiger partial charge in [0, 0.05) is 22.0 Å². The maximum absolute atomic E-state index is 12.0. The van der Waals surface area contributed by atoms with Crippen molar-refractivity contribution in [3.63, 3.8) is 0 Å². The van der Waals surface area contributed by atoms with Gasteiger partial charge in [-0.2, -0.15) is 0 Å². The second-order valence-electron chi connectivity index (χ2n) is 7.47. The predicted molar refractivity (Wildman–Crippen MR) is 133 cm³/mol. The molecule has 0 radical (unpaired) electrons. The van der Waals surface area contributed by atoms with Crippen LogP contribution in [0.3, 0.4) is 0 Å². The molecule has 2 heterocycles. The summed E-state index contributed by atoms with van der Waals surface area (Å²) in [6.45, 7) is 0. The molecule has 5 rings (SSSR count). The van der Waals surface area contributed by atoms with Gasteiger partial charge in [0.25, 0.3) is 0 Å². The summed E-state index contributed by atoms with van der Waals surface area (Å²) >= 11 is 7.56. The lowest BCUT2D eigenvalue weighted by atomic mass is 9.83. The molecule has 5 aromatic rings. The van der Waals surface area contributed by atoms with Gasteiger partial charge in [-0.15, -0.1) is 11.3 Å². The highest BCUT2D eigenvalue weighted by Gasteiger charge is 2.36. The van der Waals surface area contributed by atoms with E-state index in [9.17, 15) is 5.11 Å². The second-order valence-corrected chi connectivity index (χ2v) is 8.62. The van der Waals surface area contributed by atoms with Gasteiger partial charge in [0.15, 0.2) is 5.60 Å². The lowest BCUT2D eigenvalue weighted by Gasteiger charge is -2.28. The number of rotatable bonds is 5. The Morgan fingerprint density at radius 2 is 1.62 bits per heavy atom. The number of hydrogen-bond donors (Lipinski definition) is 1. The molecular formula is C27H19ClN2OS. The van der Waals surface area contributed by atoms with Gasteiger partial charge in [0.2, 0.25) is 0 Å². The zero-order chi connectivity index (χ0) is 22.0. The van der Waals surface area contributed by atoms with E-state index in [1.807, 2.05) is 60.0 Å². The Kier molecular flexibility index (Phi) is 5.58. The molecule has 0 aliphatic carbocycles. The lowest BCUT2D eigenvalue weighted by Crippen LogP contribution is -2.29. The summed E-state index contributed by atoms with van der Waals surface area (Å²) < 4.78 is 0. The van der Waals surface area contributed by atoms with Crippen LogP contribution < -0.4 is 0 Å². The molecular weight excluding hydrogens is 436 g/mol. The van der Waals surface area contributed by atoms with Crippen LogP contribution in [0.5, 0.6) is 0 Å². The van der Waals surface area contributed by atoms with E-state index >= 15 is 0 Å². The van der Waals surface area contributed by atoms with E-state index in [0.29, 0.717) is 16.3 Å². The molecule has 0 aliphatic rings. The fourth-order valence-electron chi connectivity index (χ4n) is 3.83. The molecule has 3 nitrogen and oxygen atoms in total. The molecule has 3 aromatic carbocycles. The van der Waals surface area contributed by atoms with Gasteiger partial charge >= 0.3 is 0 Å². The molecule has 0 bridgehead atoms. The number of pyridine rings is 1. The predicted octanol–water partition coefficient (Wildman–Crippen LogP) is 6.80. The molecule has 5 heteroatoms. The van der Waals surface area contributed by atoms with Gasteiger partial charge in [0.1, 0.15) is 0 Å². The van der Waals surface area contributed by atoms with E-state index in [1.165, 1.54) is 11.3 Å². The number of benzene rings is 3. The Morgan fingerprint density at radius 1 is 0.844 bits per heavy atom. The van der Waals surface area contributed by atoms with Gasteiger partial charge in [-0.1, -0.05) is 72.3 Å². The van der Waals surface area contributed by atoms with Crippen molar-refractivity contribution >= 4 is 46.0 Å². The molecule has 0 fully saturated rings. The molecule has 0 saturated heterocycles. The molecule has 2 aromatic heterocycles. The Labute approximate surface area is 195 Å². The molecule has 1 unspecified atom stereocenters. The van der Waals surface area contributed by atoms with Crippen LogP contribution in [0, 0.1) is 0 Å². The first-order chi connectivity index (χ1) is 15.6. The van der Waals surface area contributed by atoms with E-state index in [-0.39, 0.29) is 0 Å². The minimum atomic E-state index is -1.41. The molecule has 0 saturated carbocycles. The average Bonchev–Trinajstić information content (AvgIpc) is 3.39. The van der Waals surface area contributed by atoms with Gasteiger partial charge in [-0.25, -0.2) is 4.98 Å². The van der Waals surface area contributed by atoms with Crippen molar-refractivity contribution in [3.05, 3.63) is 129 Å². The highest BCUT2D eigenvalue weighted by Crippen LogP contribution is 2.38. The molecule has 1 N–H and O–H groups in total. The fraction of sp³-hybridized carbons (Fsp3) is 0.0370. The summed E-state index contributed by atoms with van der Waals surface area (Å²) in [5.41, 5.74) is 5.33. The molecule has 0 amide bonds. The van der Waals surface area contributed by atoms with Crippen LogP contribution in [0.2, 0.25) is 5.02 Å². The van der Waals surface area contributed by atoms with Crippen molar-refractivity contribution in [2.24, 2.45) is 0 Å². The Bertz CT molecular complexity index is 1380. The number of fused-ring (bicyclic) bond motifs is 1. The number of hydrogen-bond acceptors (Lipinski definition) is 4. The van der Waals surface area contributed by atoms with Crippen molar-refractivity contribution in [1.82, 2.24) is 9.97 Å². The van der Waals surface area contributed by atoms with Crippen LogP contribution in [-0.2, 0) is 5.60 Å². The highest BCUT2D eigenvalue weighted by atomic mass is 35.5. The van der Waals surface area contributed by atoms with Crippen LogP contribution >= 0.6 is 22.9 Å². The van der Waals surface area contributed by atoms with E-state index < -0.39 is 5.60 Å². The lowest BCUT2D eigenvalue weighted by molar-refractivity contribution is 0.121. The largest absolute Gasteiger partial charge is 0.374 e. The van der Waals surface area contributed by atoms with Crippen molar-refractivity contribution in [2.75, 3.05) is 0 Å². The van der Waals surface area contributed by atoms with Crippen LogP contribution in [0.1, 0.15) is 27.9 Å². The van der Waals surface area contributed by atoms with Crippen LogP contribution in [-0.4, -0.2) is 15.1 Å².